The molecule has 0 radical (unpaired) electrons. The average molecular weight is 131 g/mol. The van der Waals surface area contributed by atoms with Gasteiger partial charge in [-0.05, 0) is 0 Å². The molecule has 0 unspecified atom stereocenters. The van der Waals surface area contributed by atoms with Crippen molar-refractivity contribution in [1.29, 1.82) is 0 Å². The Balaban J connectivity index is 2.45. The van der Waals surface area contributed by atoms with Gasteiger partial charge in [0.2, 0.25) is 0 Å². The normalized spacial score (nSPS) is 8.29. The predicted molar refractivity (Wildman–Crippen MR) is 35.9 cm³/mol. The lowest BCUT2D eigenvalue weighted by Gasteiger charge is -1.88. The highest BCUT2D eigenvalue weighted by Crippen LogP contribution is 1.98. The maximum absolute atomic E-state index is 5.58. The van der Waals surface area contributed by atoms with E-state index in [4.69, 9.17) is 9.07 Å². The van der Waals surface area contributed by atoms with Crippen LogP contribution in [0, 0.1) is 0 Å². The van der Waals surface area contributed by atoms with E-state index < -0.39 is 0 Å². The number of halogens is 1. The molecule has 0 saturated heterocycles. The van der Waals surface area contributed by atoms with Gasteiger partial charge in [-0.15, -0.1) is 4.55 Å². The molecule has 7 heavy (non-hydrogen) atoms. The van der Waals surface area contributed by atoms with Crippen molar-refractivity contribution in [2.45, 2.75) is 30.7 Å². The van der Waals surface area contributed by atoms with Crippen LogP contribution in [0.1, 0.15) is 26.2 Å². The Morgan fingerprint density at radius 3 is 2.57 bits per heavy atom. The van der Waals surface area contributed by atoms with Gasteiger partial charge in [-0.2, -0.15) is 0 Å². The fourth-order valence-electron chi connectivity index (χ4n) is 0.521. The molecule has 0 aromatic rings. The molecule has 0 bridgehead atoms. The third-order valence-electron chi connectivity index (χ3n) is 0.987. The molecule has 2 heteroatoms. The van der Waals surface area contributed by atoms with Crippen LogP contribution in [0.3, 0.4) is 0 Å². The van der Waals surface area contributed by atoms with Crippen LogP contribution in [-0.4, -0.2) is 19.3 Å². The van der Waals surface area contributed by atoms with Gasteiger partial charge in [0, 0.05) is 0 Å². The van der Waals surface area contributed by atoms with Gasteiger partial charge in [-0.1, -0.05) is 26.2 Å². The van der Waals surface area contributed by atoms with E-state index in [0.717, 1.165) is 0 Å². The van der Waals surface area contributed by atoms with Crippen LogP contribution >= 0.6 is 9.07 Å². The van der Waals surface area contributed by atoms with Crippen LogP contribution in [0.15, 0.2) is 0 Å². The van der Waals surface area contributed by atoms with Crippen LogP contribution in [0.4, 0.5) is 0 Å². The van der Waals surface area contributed by atoms with E-state index >= 15 is 0 Å². The summed E-state index contributed by atoms with van der Waals surface area (Å²) in [6, 6.07) is 0. The first-order valence-corrected chi connectivity index (χ1v) is 6.11. The van der Waals surface area contributed by atoms with Crippen molar-refractivity contribution in [3.05, 3.63) is 0 Å². The Labute approximate surface area is 59.1 Å². The zero-order chi connectivity index (χ0) is 5.54. The van der Waals surface area contributed by atoms with Crippen molar-refractivity contribution < 1.29 is 0 Å². The minimum Gasteiger partial charge on any atom is -0.346 e. The van der Waals surface area contributed by atoms with Crippen molar-refractivity contribution in [3.8, 4) is 0 Å². The molecule has 0 saturated carbocycles. The number of hydrogen-bond donors (Lipinski definition) is 0. The summed E-state index contributed by atoms with van der Waals surface area (Å²) >= 11 is -0.134. The summed E-state index contributed by atoms with van der Waals surface area (Å²) in [6.45, 7) is 2.22. The number of rotatable bonds is 4. The first kappa shape index (κ1) is 8.06. The molecule has 0 fully saturated rings. The van der Waals surface area contributed by atoms with Gasteiger partial charge in [0.1, 0.15) is 0 Å². The lowest BCUT2D eigenvalue weighted by atomic mass is 10.3. The Morgan fingerprint density at radius 1 is 1.43 bits per heavy atom. The molecule has 40 valence electrons. The van der Waals surface area contributed by atoms with Gasteiger partial charge in [0.05, 0.1) is 0 Å². The summed E-state index contributed by atoms with van der Waals surface area (Å²) in [6.07, 6.45) is 4.07. The predicted octanol–water partition coefficient (Wildman–Crippen LogP) is 2.45. The van der Waals surface area contributed by atoms with Gasteiger partial charge in [-0.25, -0.2) is 0 Å². The van der Waals surface area contributed by atoms with Gasteiger partial charge in [0.25, 0.3) is 0 Å². The molecule has 0 aliphatic rings. The smallest absolute Gasteiger partial charge is 0.346 e. The molecule has 0 aliphatic heterocycles. The van der Waals surface area contributed by atoms with Crippen molar-refractivity contribution >= 4 is 28.3 Å². The summed E-state index contributed by atoms with van der Waals surface area (Å²) in [4.78, 5) is 0. The molecule has 0 spiro atoms. The Morgan fingerprint density at radius 2 is 2.14 bits per heavy atom. The zero-order valence-electron chi connectivity index (χ0n) is 4.91. The molecular weight excluding hydrogens is 120 g/mol. The largest absolute Gasteiger partial charge is 0.501 e. The standard InChI is InChI=1S/C5H11.ClH.Mg/c1-3-5-4-2;;/h1,3-5H2,2H3;1H;/q;;+1/p-1. The van der Waals surface area contributed by atoms with E-state index in [0.29, 0.717) is 0 Å². The first-order valence-electron chi connectivity index (χ1n) is 2.97. The van der Waals surface area contributed by atoms with Gasteiger partial charge < -0.3 is 9.07 Å². The van der Waals surface area contributed by atoms with E-state index in [9.17, 15) is 0 Å². The molecule has 0 rings (SSSR count). The fraction of sp³-hybridized carbons (Fsp3) is 1.00. The van der Waals surface area contributed by atoms with Crippen LogP contribution in [0.5, 0.6) is 0 Å². The van der Waals surface area contributed by atoms with Crippen molar-refractivity contribution in [3.63, 3.8) is 0 Å². The fourth-order valence-corrected chi connectivity index (χ4v) is 1.63. The highest BCUT2D eigenvalue weighted by molar-refractivity contribution is 6.93. The van der Waals surface area contributed by atoms with Crippen LogP contribution in [-0.2, 0) is 0 Å². The van der Waals surface area contributed by atoms with Crippen molar-refractivity contribution in [2.75, 3.05) is 0 Å². The van der Waals surface area contributed by atoms with Crippen molar-refractivity contribution in [1.82, 2.24) is 0 Å². The molecule has 0 atom stereocenters. The highest BCUT2D eigenvalue weighted by Gasteiger charge is 1.87. The van der Waals surface area contributed by atoms with Crippen LogP contribution < -0.4 is 0 Å². The highest BCUT2D eigenvalue weighted by atomic mass is 35.5. The third-order valence-corrected chi connectivity index (χ3v) is 2.56. The Hall–Kier alpha value is 1.06. The lowest BCUT2D eigenvalue weighted by Crippen LogP contribution is -1.76. The van der Waals surface area contributed by atoms with E-state index in [2.05, 4.69) is 6.92 Å². The third kappa shape index (κ3) is 7.06. The van der Waals surface area contributed by atoms with E-state index in [1.54, 1.807) is 0 Å². The molecule has 0 N–H and O–H groups in total. The molecule has 0 aliphatic carbocycles. The van der Waals surface area contributed by atoms with Crippen LogP contribution in [0.2, 0.25) is 4.55 Å². The summed E-state index contributed by atoms with van der Waals surface area (Å²) in [5, 5.41) is 0. The van der Waals surface area contributed by atoms with E-state index in [-0.39, 0.29) is 19.3 Å². The topological polar surface area (TPSA) is 0 Å². The maximum atomic E-state index is 5.58. The van der Waals surface area contributed by atoms with E-state index in [1.807, 2.05) is 0 Å². The van der Waals surface area contributed by atoms with E-state index in [1.165, 1.54) is 23.8 Å². The second-order valence-corrected chi connectivity index (χ2v) is 3.97. The molecule has 0 aromatic carbocycles. The minimum absolute atomic E-state index is 0.134. The Kier molecular flexibility index (Phi) is 8.12. The molecule has 0 heterocycles. The van der Waals surface area contributed by atoms with Crippen LogP contribution in [0.25, 0.3) is 0 Å². The summed E-state index contributed by atoms with van der Waals surface area (Å²) in [7, 11) is 5.58. The SMILES string of the molecule is CCCC[CH2][Mg][Cl]. The zero-order valence-corrected chi connectivity index (χ0v) is 7.08. The maximum Gasteiger partial charge on any atom is 0.501 e. The summed E-state index contributed by atoms with van der Waals surface area (Å²) in [5.74, 6) is 0. The van der Waals surface area contributed by atoms with Gasteiger partial charge in [-0.3, -0.25) is 0 Å². The molecule has 0 amide bonds. The average Bonchev–Trinajstić information content (AvgIpc) is 1.69. The molecule has 0 aromatic heterocycles. The number of hydrogen-bond acceptors (Lipinski definition) is 0. The first-order chi connectivity index (χ1) is 3.41. The second kappa shape index (κ2) is 7.06. The molecule has 0 nitrogen and oxygen atoms in total. The minimum atomic E-state index is -0.134. The number of unbranched alkanes of at least 4 members (excludes halogenated alkanes) is 2. The summed E-state index contributed by atoms with van der Waals surface area (Å²) < 4.78 is 1.33. The second-order valence-electron chi connectivity index (χ2n) is 1.75. The van der Waals surface area contributed by atoms with Gasteiger partial charge >= 0.3 is 19.3 Å². The monoisotopic (exact) mass is 130 g/mol. The Bertz CT molecular complexity index is 27.3. The quantitative estimate of drug-likeness (QED) is 0.406. The lowest BCUT2D eigenvalue weighted by molar-refractivity contribution is 0.770. The van der Waals surface area contributed by atoms with Crippen molar-refractivity contribution in [2.24, 2.45) is 0 Å². The molecular formula is C5H11ClMg. The summed E-state index contributed by atoms with van der Waals surface area (Å²) in [5.41, 5.74) is 0. The van der Waals surface area contributed by atoms with Gasteiger partial charge in [0.15, 0.2) is 0 Å².